The Hall–Kier alpha value is -2.68. The van der Waals surface area contributed by atoms with Crippen LogP contribution >= 0.6 is 0 Å². The van der Waals surface area contributed by atoms with Gasteiger partial charge in [-0.25, -0.2) is 9.48 Å². The topological polar surface area (TPSA) is 96.2 Å². The molecule has 0 bridgehead atoms. The third kappa shape index (κ3) is 3.48. The fraction of sp³-hybridized carbons (Fsp3) is 0.529. The van der Waals surface area contributed by atoms with Crippen LogP contribution in [0, 0.1) is 13.8 Å². The van der Waals surface area contributed by atoms with Gasteiger partial charge in [0.1, 0.15) is 12.4 Å². The molecule has 1 aliphatic rings. The molecule has 0 aromatic carbocycles. The normalized spacial score (nSPS) is 14.3. The largest absolute Gasteiger partial charge is 0.362 e. The zero-order valence-electron chi connectivity index (χ0n) is 15.6. The Balaban J connectivity index is 1.71. The number of hydrogen-bond acceptors (Lipinski definition) is 5. The number of fused-ring (bicyclic) bond motifs is 1. The summed E-state index contributed by atoms with van der Waals surface area (Å²) in [6.07, 6.45) is 0. The third-order valence-corrected chi connectivity index (χ3v) is 4.61. The monoisotopic (exact) mass is 360 g/mol. The van der Waals surface area contributed by atoms with Crippen LogP contribution in [-0.4, -0.2) is 68.0 Å². The maximum Gasteiger partial charge on any atom is 0.346 e. The van der Waals surface area contributed by atoms with Gasteiger partial charge < -0.3 is 9.88 Å². The summed E-state index contributed by atoms with van der Waals surface area (Å²) in [5.74, 6) is 0.445. The smallest absolute Gasteiger partial charge is 0.346 e. The number of rotatable bonds is 5. The fourth-order valence-corrected chi connectivity index (χ4v) is 3.16. The van der Waals surface area contributed by atoms with Gasteiger partial charge in [-0.3, -0.25) is 19.1 Å². The molecular weight excluding hydrogens is 336 g/mol. The van der Waals surface area contributed by atoms with Crippen molar-refractivity contribution < 1.29 is 9.59 Å². The first-order valence-electron chi connectivity index (χ1n) is 8.54. The first-order valence-corrected chi connectivity index (χ1v) is 8.54. The highest BCUT2D eigenvalue weighted by molar-refractivity contribution is 5.98. The lowest BCUT2D eigenvalue weighted by Crippen LogP contribution is -2.40. The molecule has 2 aromatic rings. The highest BCUT2D eigenvalue weighted by atomic mass is 16.2. The summed E-state index contributed by atoms with van der Waals surface area (Å²) >= 11 is 0. The quantitative estimate of drug-likeness (QED) is 0.744. The van der Waals surface area contributed by atoms with E-state index in [1.165, 1.54) is 9.58 Å². The van der Waals surface area contributed by atoms with Crippen LogP contribution in [0.15, 0.2) is 10.9 Å². The Kier molecular flexibility index (Phi) is 4.82. The van der Waals surface area contributed by atoms with Crippen molar-refractivity contribution in [3.05, 3.63) is 39.3 Å². The van der Waals surface area contributed by atoms with E-state index in [1.54, 1.807) is 18.7 Å². The van der Waals surface area contributed by atoms with Crippen LogP contribution in [0.25, 0.3) is 0 Å². The third-order valence-electron chi connectivity index (χ3n) is 4.61. The van der Waals surface area contributed by atoms with E-state index < -0.39 is 0 Å². The van der Waals surface area contributed by atoms with Crippen LogP contribution in [-0.2, 0) is 24.4 Å². The highest BCUT2D eigenvalue weighted by Crippen LogP contribution is 2.13. The number of amides is 1. The van der Waals surface area contributed by atoms with Crippen LogP contribution < -0.4 is 5.69 Å². The lowest BCUT2D eigenvalue weighted by Gasteiger charge is -2.25. The number of Topliss-reactive ketones (excluding diaryl/α,β-unsaturated/α-hetero) is 1. The SMILES string of the molecule is Cc1cc(C(=O)CN2CCn3c(nn(CC(=O)N(C)C)c3=O)C2)c(C)[nH]1. The number of likely N-dealkylation sites (N-methyl/N-ethyl adjacent to an activating group) is 1. The Labute approximate surface area is 151 Å². The van der Waals surface area contributed by atoms with Crippen molar-refractivity contribution in [1.82, 2.24) is 29.1 Å². The van der Waals surface area contributed by atoms with E-state index in [-0.39, 0.29) is 30.5 Å². The van der Waals surface area contributed by atoms with Gasteiger partial charge in [-0.2, -0.15) is 5.10 Å². The number of nitrogens with one attached hydrogen (secondary N) is 1. The van der Waals surface area contributed by atoms with E-state index in [1.807, 2.05) is 24.8 Å². The molecule has 0 saturated carbocycles. The summed E-state index contributed by atoms with van der Waals surface area (Å²) in [5, 5.41) is 4.29. The summed E-state index contributed by atoms with van der Waals surface area (Å²) in [6, 6.07) is 1.86. The van der Waals surface area contributed by atoms with Gasteiger partial charge >= 0.3 is 5.69 Å². The average Bonchev–Trinajstić information content (AvgIpc) is 3.06. The summed E-state index contributed by atoms with van der Waals surface area (Å²) in [5.41, 5.74) is 2.25. The van der Waals surface area contributed by atoms with Crippen molar-refractivity contribution in [2.24, 2.45) is 0 Å². The molecule has 0 unspecified atom stereocenters. The van der Waals surface area contributed by atoms with Gasteiger partial charge in [0.05, 0.1) is 13.1 Å². The number of carbonyl (C=O) groups excluding carboxylic acids is 2. The first-order chi connectivity index (χ1) is 12.3. The molecule has 0 atom stereocenters. The maximum atomic E-state index is 12.5. The number of aromatic nitrogens is 4. The van der Waals surface area contributed by atoms with Crippen molar-refractivity contribution in [1.29, 1.82) is 0 Å². The standard InChI is InChI=1S/C17H24N6O3/c1-11-7-13(12(2)18-11)14(24)8-21-5-6-22-15(9-21)19-23(17(22)26)10-16(25)20(3)4/h7,18H,5-6,8-10H2,1-4H3. The van der Waals surface area contributed by atoms with Gasteiger partial charge in [-0.05, 0) is 19.9 Å². The molecule has 1 amide bonds. The Bertz CT molecular complexity index is 904. The van der Waals surface area contributed by atoms with Gasteiger partial charge in [0, 0.05) is 44.1 Å². The van der Waals surface area contributed by atoms with Crippen molar-refractivity contribution >= 4 is 11.7 Å². The van der Waals surface area contributed by atoms with E-state index in [2.05, 4.69) is 10.1 Å². The highest BCUT2D eigenvalue weighted by Gasteiger charge is 2.25. The average molecular weight is 360 g/mol. The minimum atomic E-state index is -0.279. The van der Waals surface area contributed by atoms with E-state index >= 15 is 0 Å². The molecule has 0 radical (unpaired) electrons. The lowest BCUT2D eigenvalue weighted by atomic mass is 10.1. The van der Waals surface area contributed by atoms with Crippen LogP contribution in [0.1, 0.15) is 27.6 Å². The Morgan fingerprint density at radius 1 is 1.23 bits per heavy atom. The van der Waals surface area contributed by atoms with Crippen molar-refractivity contribution in [3.8, 4) is 0 Å². The number of aryl methyl sites for hydroxylation is 2. The number of hydrogen-bond donors (Lipinski definition) is 1. The minimum Gasteiger partial charge on any atom is -0.362 e. The zero-order valence-corrected chi connectivity index (χ0v) is 15.6. The van der Waals surface area contributed by atoms with Crippen LogP contribution in [0.2, 0.25) is 0 Å². The van der Waals surface area contributed by atoms with Crippen molar-refractivity contribution in [2.75, 3.05) is 27.2 Å². The number of carbonyl (C=O) groups is 2. The van der Waals surface area contributed by atoms with E-state index in [4.69, 9.17) is 0 Å². The Morgan fingerprint density at radius 2 is 1.96 bits per heavy atom. The summed E-state index contributed by atoms with van der Waals surface area (Å²) in [7, 11) is 3.28. The summed E-state index contributed by atoms with van der Waals surface area (Å²) < 4.78 is 2.78. The van der Waals surface area contributed by atoms with Gasteiger partial charge in [0.15, 0.2) is 5.78 Å². The molecule has 9 nitrogen and oxygen atoms in total. The number of aromatic amines is 1. The predicted octanol–water partition coefficient (Wildman–Crippen LogP) is -0.224. The number of ketones is 1. The molecule has 140 valence electrons. The van der Waals surface area contributed by atoms with Crippen molar-refractivity contribution in [2.45, 2.75) is 33.5 Å². The van der Waals surface area contributed by atoms with Crippen LogP contribution in [0.4, 0.5) is 0 Å². The second-order valence-electron chi connectivity index (χ2n) is 6.92. The molecule has 0 spiro atoms. The van der Waals surface area contributed by atoms with E-state index in [9.17, 15) is 14.4 Å². The molecule has 1 N–H and O–H groups in total. The fourth-order valence-electron chi connectivity index (χ4n) is 3.16. The predicted molar refractivity (Wildman–Crippen MR) is 95.1 cm³/mol. The number of H-pyrrole nitrogens is 1. The lowest BCUT2D eigenvalue weighted by molar-refractivity contribution is -0.129. The van der Waals surface area contributed by atoms with E-state index in [0.717, 1.165) is 11.4 Å². The zero-order chi connectivity index (χ0) is 19.0. The molecule has 1 aliphatic heterocycles. The molecule has 0 aliphatic carbocycles. The van der Waals surface area contributed by atoms with Gasteiger partial charge in [-0.1, -0.05) is 0 Å². The molecule has 9 heteroatoms. The number of nitrogens with zero attached hydrogens (tertiary/aromatic N) is 5. The summed E-state index contributed by atoms with van der Waals surface area (Å²) in [4.78, 5) is 43.3. The van der Waals surface area contributed by atoms with Crippen molar-refractivity contribution in [3.63, 3.8) is 0 Å². The molecule has 0 saturated heterocycles. The van der Waals surface area contributed by atoms with Crippen LogP contribution in [0.5, 0.6) is 0 Å². The van der Waals surface area contributed by atoms with E-state index in [0.29, 0.717) is 31.0 Å². The minimum absolute atomic E-state index is 0.0462. The van der Waals surface area contributed by atoms with Crippen LogP contribution in [0.3, 0.4) is 0 Å². The molecule has 3 rings (SSSR count). The Morgan fingerprint density at radius 3 is 2.58 bits per heavy atom. The molecular formula is C17H24N6O3. The summed E-state index contributed by atoms with van der Waals surface area (Å²) in [6.45, 7) is 5.47. The molecule has 0 fully saturated rings. The second kappa shape index (κ2) is 6.91. The van der Waals surface area contributed by atoms with Gasteiger partial charge in [-0.15, -0.1) is 0 Å². The molecule has 2 aromatic heterocycles. The first kappa shape index (κ1) is 18.1. The molecule has 3 heterocycles. The van der Waals surface area contributed by atoms with Gasteiger partial charge in [0.25, 0.3) is 0 Å². The maximum absolute atomic E-state index is 12.5. The second-order valence-corrected chi connectivity index (χ2v) is 6.92. The molecule has 26 heavy (non-hydrogen) atoms. The van der Waals surface area contributed by atoms with Gasteiger partial charge in [0.2, 0.25) is 5.91 Å².